The van der Waals surface area contributed by atoms with E-state index < -0.39 is 0 Å². The first kappa shape index (κ1) is 18.3. The fraction of sp³-hybridized carbons (Fsp3) is 0.136. The summed E-state index contributed by atoms with van der Waals surface area (Å²) in [6.45, 7) is 2.07. The molecule has 0 aliphatic rings. The molecule has 0 atom stereocenters. The number of amides is 1. The summed E-state index contributed by atoms with van der Waals surface area (Å²) < 4.78 is 0. The molecule has 5 heteroatoms. The van der Waals surface area contributed by atoms with Crippen LogP contribution in [0.25, 0.3) is 0 Å². The predicted octanol–water partition coefficient (Wildman–Crippen LogP) is 4.30. The van der Waals surface area contributed by atoms with Gasteiger partial charge in [0.05, 0.1) is 11.9 Å². The molecule has 5 nitrogen and oxygen atoms in total. The highest BCUT2D eigenvalue weighted by Crippen LogP contribution is 2.17. The second-order valence-corrected chi connectivity index (χ2v) is 6.34. The number of rotatable bonds is 6. The number of anilines is 2. The van der Waals surface area contributed by atoms with Gasteiger partial charge in [-0.25, -0.2) is 4.98 Å². The van der Waals surface area contributed by atoms with Gasteiger partial charge in [-0.3, -0.25) is 9.59 Å². The Bertz CT molecular complexity index is 920. The zero-order valence-corrected chi connectivity index (χ0v) is 15.3. The molecular weight excluding hydrogens is 338 g/mol. The molecule has 0 aliphatic carbocycles. The molecule has 0 aliphatic heterocycles. The number of hydrogen-bond acceptors (Lipinski definition) is 4. The van der Waals surface area contributed by atoms with Crippen molar-refractivity contribution in [1.82, 2.24) is 9.88 Å². The highest BCUT2D eigenvalue weighted by molar-refractivity contribution is 5.94. The average molecular weight is 359 g/mol. The molecule has 136 valence electrons. The van der Waals surface area contributed by atoms with Gasteiger partial charge in [-0.2, -0.15) is 0 Å². The fourth-order valence-corrected chi connectivity index (χ4v) is 2.67. The second-order valence-electron chi connectivity index (χ2n) is 6.34. The number of ketones is 1. The van der Waals surface area contributed by atoms with Crippen LogP contribution >= 0.6 is 0 Å². The van der Waals surface area contributed by atoms with Crippen molar-refractivity contribution < 1.29 is 9.59 Å². The molecule has 2 aromatic carbocycles. The maximum absolute atomic E-state index is 12.5. The van der Waals surface area contributed by atoms with Crippen LogP contribution < -0.4 is 5.32 Å². The summed E-state index contributed by atoms with van der Waals surface area (Å²) in [6.07, 6.45) is 1.63. The Morgan fingerprint density at radius 3 is 2.19 bits per heavy atom. The molecule has 1 amide bonds. The number of nitrogens with zero attached hydrogens (tertiary/aromatic N) is 2. The second kappa shape index (κ2) is 8.27. The minimum Gasteiger partial charge on any atom is -0.354 e. The van der Waals surface area contributed by atoms with Crippen LogP contribution in [-0.2, 0) is 6.54 Å². The first-order chi connectivity index (χ1) is 13.0. The molecule has 0 radical (unpaired) electrons. The molecule has 0 saturated heterocycles. The Kier molecular flexibility index (Phi) is 5.61. The number of nitrogens with one attached hydrogen (secondary N) is 1. The molecule has 0 fully saturated rings. The van der Waals surface area contributed by atoms with Crippen LogP contribution in [0.2, 0.25) is 0 Å². The van der Waals surface area contributed by atoms with Crippen LogP contribution in [0, 0.1) is 0 Å². The van der Waals surface area contributed by atoms with Gasteiger partial charge in [-0.05, 0) is 48.9 Å². The van der Waals surface area contributed by atoms with Crippen LogP contribution in [0.5, 0.6) is 0 Å². The lowest BCUT2D eigenvalue weighted by atomic mass is 10.1. The third-order valence-electron chi connectivity index (χ3n) is 4.17. The van der Waals surface area contributed by atoms with Gasteiger partial charge in [0.15, 0.2) is 5.78 Å². The molecule has 1 heterocycles. The Morgan fingerprint density at radius 2 is 1.59 bits per heavy atom. The molecule has 27 heavy (non-hydrogen) atoms. The van der Waals surface area contributed by atoms with Crippen LogP contribution in [0.3, 0.4) is 0 Å². The van der Waals surface area contributed by atoms with E-state index in [1.54, 1.807) is 36.3 Å². The minimum absolute atomic E-state index is 0.0331. The van der Waals surface area contributed by atoms with Crippen molar-refractivity contribution in [3.05, 3.63) is 89.7 Å². The Balaban J connectivity index is 1.63. The van der Waals surface area contributed by atoms with E-state index in [1.165, 1.54) is 6.92 Å². The van der Waals surface area contributed by atoms with Crippen LogP contribution in [0.1, 0.15) is 33.3 Å². The number of hydrogen-bond donors (Lipinski definition) is 1. The molecule has 0 bridgehead atoms. The molecule has 3 aromatic rings. The highest BCUT2D eigenvalue weighted by atomic mass is 16.2. The number of pyridine rings is 1. The Morgan fingerprint density at radius 1 is 0.926 bits per heavy atom. The third kappa shape index (κ3) is 4.79. The minimum atomic E-state index is -0.129. The summed E-state index contributed by atoms with van der Waals surface area (Å²) in [7, 11) is 1.76. The van der Waals surface area contributed by atoms with Gasteiger partial charge in [0.1, 0.15) is 5.69 Å². The van der Waals surface area contributed by atoms with Crippen LogP contribution in [0.15, 0.2) is 72.9 Å². The van der Waals surface area contributed by atoms with Crippen LogP contribution in [-0.4, -0.2) is 28.6 Å². The lowest BCUT2D eigenvalue weighted by Gasteiger charge is -2.17. The summed E-state index contributed by atoms with van der Waals surface area (Å²) in [4.78, 5) is 29.8. The van der Waals surface area contributed by atoms with Crippen molar-refractivity contribution in [2.75, 3.05) is 12.4 Å². The number of carbonyl (C=O) groups is 2. The summed E-state index contributed by atoms with van der Waals surface area (Å²) >= 11 is 0. The molecule has 0 unspecified atom stereocenters. The van der Waals surface area contributed by atoms with Gasteiger partial charge in [0.2, 0.25) is 0 Å². The quantitative estimate of drug-likeness (QED) is 0.667. The highest BCUT2D eigenvalue weighted by Gasteiger charge is 2.13. The van der Waals surface area contributed by atoms with Crippen molar-refractivity contribution in [3.8, 4) is 0 Å². The average Bonchev–Trinajstić information content (AvgIpc) is 2.69. The topological polar surface area (TPSA) is 62.3 Å². The summed E-state index contributed by atoms with van der Waals surface area (Å²) in [5, 5.41) is 3.21. The fourth-order valence-electron chi connectivity index (χ4n) is 2.67. The van der Waals surface area contributed by atoms with E-state index >= 15 is 0 Å². The molecule has 0 spiro atoms. The van der Waals surface area contributed by atoms with Crippen molar-refractivity contribution in [2.24, 2.45) is 0 Å². The largest absolute Gasteiger partial charge is 0.354 e. The van der Waals surface area contributed by atoms with E-state index in [9.17, 15) is 9.59 Å². The van der Waals surface area contributed by atoms with Crippen molar-refractivity contribution >= 4 is 23.1 Å². The van der Waals surface area contributed by atoms with Gasteiger partial charge >= 0.3 is 0 Å². The third-order valence-corrected chi connectivity index (χ3v) is 4.17. The summed E-state index contributed by atoms with van der Waals surface area (Å²) in [5.74, 6) is -0.0954. The van der Waals surface area contributed by atoms with E-state index in [2.05, 4.69) is 10.3 Å². The number of carbonyl (C=O) groups excluding carboxylic acids is 2. The van der Waals surface area contributed by atoms with Gasteiger partial charge < -0.3 is 10.2 Å². The standard InChI is InChI=1S/C22H21N3O2/c1-16(26)18-8-10-19(11-9-18)24-20-12-13-21(23-14-20)22(27)25(2)15-17-6-4-3-5-7-17/h3-14,24H,15H2,1-2H3. The summed E-state index contributed by atoms with van der Waals surface area (Å²) in [6, 6.07) is 20.6. The van der Waals surface area contributed by atoms with Gasteiger partial charge in [0.25, 0.3) is 5.91 Å². The first-order valence-corrected chi connectivity index (χ1v) is 8.66. The van der Waals surface area contributed by atoms with Crippen LogP contribution in [0.4, 0.5) is 11.4 Å². The number of Topliss-reactive ketones (excluding diaryl/α,β-unsaturated/α-hetero) is 1. The predicted molar refractivity (Wildman–Crippen MR) is 106 cm³/mol. The van der Waals surface area contributed by atoms with Crippen molar-refractivity contribution in [3.63, 3.8) is 0 Å². The zero-order chi connectivity index (χ0) is 19.2. The monoisotopic (exact) mass is 359 g/mol. The molecular formula is C22H21N3O2. The van der Waals surface area contributed by atoms with E-state index in [0.717, 1.165) is 16.9 Å². The van der Waals surface area contributed by atoms with Crippen molar-refractivity contribution in [1.29, 1.82) is 0 Å². The number of benzene rings is 2. The molecule has 3 rings (SSSR count). The van der Waals surface area contributed by atoms with Gasteiger partial charge in [0, 0.05) is 24.8 Å². The first-order valence-electron chi connectivity index (χ1n) is 8.66. The van der Waals surface area contributed by atoms with E-state index in [-0.39, 0.29) is 11.7 Å². The van der Waals surface area contributed by atoms with Gasteiger partial charge in [-0.15, -0.1) is 0 Å². The lowest BCUT2D eigenvalue weighted by molar-refractivity contribution is 0.0779. The Hall–Kier alpha value is -3.47. The van der Waals surface area contributed by atoms with Crippen molar-refractivity contribution in [2.45, 2.75) is 13.5 Å². The molecule has 1 aromatic heterocycles. The zero-order valence-electron chi connectivity index (χ0n) is 15.3. The summed E-state index contributed by atoms with van der Waals surface area (Å²) in [5.41, 5.74) is 3.75. The molecule has 0 saturated carbocycles. The lowest BCUT2D eigenvalue weighted by Crippen LogP contribution is -2.26. The van der Waals surface area contributed by atoms with E-state index in [4.69, 9.17) is 0 Å². The molecule has 1 N–H and O–H groups in total. The normalized spacial score (nSPS) is 10.3. The number of aromatic nitrogens is 1. The Labute approximate surface area is 158 Å². The smallest absolute Gasteiger partial charge is 0.272 e. The maximum atomic E-state index is 12.5. The van der Waals surface area contributed by atoms with Gasteiger partial charge in [-0.1, -0.05) is 30.3 Å². The maximum Gasteiger partial charge on any atom is 0.272 e. The SMILES string of the molecule is CC(=O)c1ccc(Nc2ccc(C(=O)N(C)Cc3ccccc3)nc2)cc1. The van der Waals surface area contributed by atoms with E-state index in [0.29, 0.717) is 17.8 Å². The van der Waals surface area contributed by atoms with E-state index in [1.807, 2.05) is 48.5 Å².